The SMILES string of the molecule is Cc1cccc(NC(=O)N(CC(=O)N(CCc2c[nH]c3ccccc23)Cc2ccccc2)C(C)C)c1C. The second-order valence-electron chi connectivity index (χ2n) is 9.81. The predicted molar refractivity (Wildman–Crippen MR) is 151 cm³/mol. The van der Waals surface area contributed by atoms with Crippen LogP contribution in [-0.4, -0.2) is 45.9 Å². The van der Waals surface area contributed by atoms with E-state index in [4.69, 9.17) is 0 Å². The molecule has 0 bridgehead atoms. The lowest BCUT2D eigenvalue weighted by atomic mass is 10.1. The molecule has 4 aromatic rings. The van der Waals surface area contributed by atoms with E-state index in [0.717, 1.165) is 34.3 Å². The van der Waals surface area contributed by atoms with Gasteiger partial charge >= 0.3 is 6.03 Å². The van der Waals surface area contributed by atoms with Crippen LogP contribution in [0.4, 0.5) is 10.5 Å². The lowest BCUT2D eigenvalue weighted by molar-refractivity contribution is -0.132. The minimum absolute atomic E-state index is 0.00901. The summed E-state index contributed by atoms with van der Waals surface area (Å²) in [5, 5.41) is 4.19. The Bertz CT molecular complexity index is 1360. The van der Waals surface area contributed by atoms with Crippen LogP contribution in [0.5, 0.6) is 0 Å². The average Bonchev–Trinajstić information content (AvgIpc) is 3.31. The fourth-order valence-corrected chi connectivity index (χ4v) is 4.50. The van der Waals surface area contributed by atoms with Crippen molar-refractivity contribution >= 4 is 28.5 Å². The van der Waals surface area contributed by atoms with Crippen molar-refractivity contribution in [1.29, 1.82) is 0 Å². The van der Waals surface area contributed by atoms with E-state index in [1.807, 2.05) is 99.5 Å². The van der Waals surface area contributed by atoms with Crippen LogP contribution in [0.1, 0.15) is 36.1 Å². The van der Waals surface area contributed by atoms with Gasteiger partial charge in [0.15, 0.2) is 0 Å². The van der Waals surface area contributed by atoms with Crippen LogP contribution in [0.2, 0.25) is 0 Å². The van der Waals surface area contributed by atoms with Crippen LogP contribution in [0.25, 0.3) is 10.9 Å². The molecule has 0 radical (unpaired) electrons. The van der Waals surface area contributed by atoms with Crippen molar-refractivity contribution in [3.63, 3.8) is 0 Å². The monoisotopic (exact) mass is 496 g/mol. The molecule has 0 spiro atoms. The second-order valence-corrected chi connectivity index (χ2v) is 9.81. The maximum absolute atomic E-state index is 13.7. The van der Waals surface area contributed by atoms with Gasteiger partial charge < -0.3 is 20.1 Å². The summed E-state index contributed by atoms with van der Waals surface area (Å²) in [5.41, 5.74) is 6.23. The van der Waals surface area contributed by atoms with Gasteiger partial charge in [0.05, 0.1) is 0 Å². The molecule has 4 rings (SSSR count). The first-order valence-corrected chi connectivity index (χ1v) is 12.8. The molecule has 192 valence electrons. The number of para-hydroxylation sites is 1. The molecule has 2 N–H and O–H groups in total. The van der Waals surface area contributed by atoms with Crippen molar-refractivity contribution in [2.45, 2.75) is 46.7 Å². The van der Waals surface area contributed by atoms with E-state index in [1.54, 1.807) is 4.90 Å². The molecule has 37 heavy (non-hydrogen) atoms. The topological polar surface area (TPSA) is 68.4 Å². The maximum atomic E-state index is 13.7. The molecule has 0 fully saturated rings. The summed E-state index contributed by atoms with van der Waals surface area (Å²) in [4.78, 5) is 33.7. The number of anilines is 1. The van der Waals surface area contributed by atoms with Crippen LogP contribution in [0, 0.1) is 13.8 Å². The highest BCUT2D eigenvalue weighted by Crippen LogP contribution is 2.20. The summed E-state index contributed by atoms with van der Waals surface area (Å²) < 4.78 is 0. The highest BCUT2D eigenvalue weighted by atomic mass is 16.2. The number of hydrogen-bond acceptors (Lipinski definition) is 2. The van der Waals surface area contributed by atoms with E-state index < -0.39 is 0 Å². The van der Waals surface area contributed by atoms with Gasteiger partial charge in [-0.2, -0.15) is 0 Å². The molecule has 1 heterocycles. The van der Waals surface area contributed by atoms with Crippen LogP contribution >= 0.6 is 0 Å². The second kappa shape index (κ2) is 11.8. The zero-order chi connectivity index (χ0) is 26.4. The molecule has 0 saturated heterocycles. The average molecular weight is 497 g/mol. The number of carbonyl (C=O) groups is 2. The molecule has 0 unspecified atom stereocenters. The Morgan fingerprint density at radius 3 is 2.41 bits per heavy atom. The number of carbonyl (C=O) groups excluding carboxylic acids is 2. The molecule has 0 aliphatic carbocycles. The predicted octanol–water partition coefficient (Wildman–Crippen LogP) is 6.30. The number of urea groups is 1. The summed E-state index contributed by atoms with van der Waals surface area (Å²) in [7, 11) is 0. The van der Waals surface area contributed by atoms with Gasteiger partial charge in [0, 0.05) is 41.9 Å². The lowest BCUT2D eigenvalue weighted by Crippen LogP contribution is -2.47. The largest absolute Gasteiger partial charge is 0.361 e. The number of aromatic amines is 1. The van der Waals surface area contributed by atoms with Crippen molar-refractivity contribution in [2.24, 2.45) is 0 Å². The third-order valence-electron chi connectivity index (χ3n) is 6.93. The van der Waals surface area contributed by atoms with Gasteiger partial charge in [-0.05, 0) is 68.5 Å². The summed E-state index contributed by atoms with van der Waals surface area (Å²) >= 11 is 0. The number of H-pyrrole nitrogens is 1. The molecule has 6 heteroatoms. The first-order chi connectivity index (χ1) is 17.8. The molecule has 3 aromatic carbocycles. The van der Waals surface area contributed by atoms with Gasteiger partial charge in [0.25, 0.3) is 0 Å². The Kier molecular flexibility index (Phi) is 8.29. The number of nitrogens with zero attached hydrogens (tertiary/aromatic N) is 2. The first-order valence-electron chi connectivity index (χ1n) is 12.8. The standard InChI is InChI=1S/C31H36N4O2/c1-22(2)35(31(37)33-28-16-10-11-23(3)24(28)4)21-30(36)34(20-25-12-6-5-7-13-25)18-17-26-19-32-29-15-9-8-14-27(26)29/h5-16,19,22,32H,17-18,20-21H2,1-4H3,(H,33,37). The zero-order valence-electron chi connectivity index (χ0n) is 22.1. The van der Waals surface area contributed by atoms with Crippen molar-refractivity contribution in [3.8, 4) is 0 Å². The van der Waals surface area contributed by atoms with Gasteiger partial charge in [0.2, 0.25) is 5.91 Å². The van der Waals surface area contributed by atoms with Crippen molar-refractivity contribution in [2.75, 3.05) is 18.4 Å². The number of rotatable bonds is 9. The van der Waals surface area contributed by atoms with E-state index in [2.05, 4.69) is 22.4 Å². The minimum atomic E-state index is -0.270. The van der Waals surface area contributed by atoms with Crippen molar-refractivity contribution in [1.82, 2.24) is 14.8 Å². The molecule has 0 atom stereocenters. The van der Waals surface area contributed by atoms with Gasteiger partial charge in [0.1, 0.15) is 6.54 Å². The van der Waals surface area contributed by atoms with Gasteiger partial charge in [-0.1, -0.05) is 60.7 Å². The van der Waals surface area contributed by atoms with Crippen LogP contribution in [0.15, 0.2) is 79.0 Å². The first kappa shape index (κ1) is 26.0. The number of fused-ring (bicyclic) bond motifs is 1. The summed E-state index contributed by atoms with van der Waals surface area (Å²) in [6.07, 6.45) is 2.74. The molecule has 3 amide bonds. The van der Waals surface area contributed by atoms with Gasteiger partial charge in [-0.3, -0.25) is 4.79 Å². The molecule has 0 saturated carbocycles. The third-order valence-corrected chi connectivity index (χ3v) is 6.93. The number of amides is 3. The Hall–Kier alpha value is -4.06. The van der Waals surface area contributed by atoms with Gasteiger partial charge in [-0.15, -0.1) is 0 Å². The van der Waals surface area contributed by atoms with E-state index in [9.17, 15) is 9.59 Å². The Morgan fingerprint density at radius 2 is 1.65 bits per heavy atom. The van der Waals surface area contributed by atoms with E-state index in [-0.39, 0.29) is 24.5 Å². The summed E-state index contributed by atoms with van der Waals surface area (Å²) in [5.74, 6) is -0.0755. The molecule has 1 aromatic heterocycles. The summed E-state index contributed by atoms with van der Waals surface area (Å²) in [6, 6.07) is 23.6. The third kappa shape index (κ3) is 6.39. The van der Waals surface area contributed by atoms with Crippen LogP contribution < -0.4 is 5.32 Å². The fraction of sp³-hybridized carbons (Fsp3) is 0.290. The van der Waals surface area contributed by atoms with E-state index in [1.165, 1.54) is 10.9 Å². The van der Waals surface area contributed by atoms with Crippen molar-refractivity contribution < 1.29 is 9.59 Å². The zero-order valence-corrected chi connectivity index (χ0v) is 22.1. The molecular weight excluding hydrogens is 460 g/mol. The summed E-state index contributed by atoms with van der Waals surface area (Å²) in [6.45, 7) is 8.93. The molecule has 6 nitrogen and oxygen atoms in total. The maximum Gasteiger partial charge on any atom is 0.322 e. The number of aromatic nitrogens is 1. The van der Waals surface area contributed by atoms with Crippen LogP contribution in [0.3, 0.4) is 0 Å². The smallest absolute Gasteiger partial charge is 0.322 e. The molecular formula is C31H36N4O2. The quantitative estimate of drug-likeness (QED) is 0.286. The minimum Gasteiger partial charge on any atom is -0.361 e. The number of nitrogens with one attached hydrogen (secondary N) is 2. The van der Waals surface area contributed by atoms with Gasteiger partial charge in [-0.25, -0.2) is 4.79 Å². The molecule has 0 aliphatic rings. The number of aryl methyl sites for hydroxylation is 1. The molecule has 0 aliphatic heterocycles. The Morgan fingerprint density at radius 1 is 0.919 bits per heavy atom. The van der Waals surface area contributed by atoms with Crippen molar-refractivity contribution in [3.05, 3.63) is 101 Å². The fourth-order valence-electron chi connectivity index (χ4n) is 4.50. The Balaban J connectivity index is 1.51. The lowest BCUT2D eigenvalue weighted by Gasteiger charge is -2.30. The highest BCUT2D eigenvalue weighted by molar-refractivity contribution is 5.93. The number of hydrogen-bond donors (Lipinski definition) is 2. The van der Waals surface area contributed by atoms with E-state index >= 15 is 0 Å². The number of benzene rings is 3. The van der Waals surface area contributed by atoms with Crippen LogP contribution in [-0.2, 0) is 17.8 Å². The van der Waals surface area contributed by atoms with E-state index in [0.29, 0.717) is 13.1 Å². The highest BCUT2D eigenvalue weighted by Gasteiger charge is 2.24. The normalized spacial score (nSPS) is 11.1. The Labute approximate surface area is 219 Å².